The van der Waals surface area contributed by atoms with Gasteiger partial charge in [0.15, 0.2) is 12.6 Å². The SMILES string of the molecule is CCCCCCCCCCCCCCCCCC[C@@H](O)C(=O)N[C@@H](CO[C@H]1O[C@H](CO)[C@H](O)[C@H](O[C@@H]2O[C@@H]([C@H](O)CO)[C@H](O)[C@H]2O)[C@H]1O)[C@H](O)[C@H](O)CCCCCCCCCCCCCCCC. The molecule has 0 spiro atoms. The van der Waals surface area contributed by atoms with Crippen molar-refractivity contribution in [3.05, 3.63) is 0 Å². The van der Waals surface area contributed by atoms with E-state index in [1.54, 1.807) is 0 Å². The van der Waals surface area contributed by atoms with Crippen LogP contribution < -0.4 is 5.32 Å². The van der Waals surface area contributed by atoms with Gasteiger partial charge in [-0.2, -0.15) is 0 Å². The number of hydrogen-bond donors (Lipinski definition) is 11. The molecule has 68 heavy (non-hydrogen) atoms. The number of amides is 1. The van der Waals surface area contributed by atoms with E-state index in [1.165, 1.54) is 135 Å². The smallest absolute Gasteiger partial charge is 0.249 e. The van der Waals surface area contributed by atoms with Crippen molar-refractivity contribution < 1.29 is 74.8 Å². The van der Waals surface area contributed by atoms with Gasteiger partial charge in [-0.3, -0.25) is 4.79 Å². The third-order valence-corrected chi connectivity index (χ3v) is 14.0. The fraction of sp³-hybridized carbons (Fsp3) is 0.981. The predicted octanol–water partition coefficient (Wildman–Crippen LogP) is 5.72. The first kappa shape index (κ1) is 63.0. The Morgan fingerprint density at radius 2 is 0.956 bits per heavy atom. The van der Waals surface area contributed by atoms with E-state index in [0.717, 1.165) is 44.9 Å². The molecule has 0 aromatic carbocycles. The number of aliphatic hydroxyl groups is 10. The van der Waals surface area contributed by atoms with E-state index in [4.69, 9.17) is 18.9 Å². The Morgan fingerprint density at radius 1 is 0.529 bits per heavy atom. The molecule has 16 nitrogen and oxygen atoms in total. The fourth-order valence-corrected chi connectivity index (χ4v) is 9.42. The summed E-state index contributed by atoms with van der Waals surface area (Å²) in [6.45, 7) is 2.39. The lowest BCUT2D eigenvalue weighted by atomic mass is 9.98. The number of rotatable bonds is 44. The average molecular weight is 980 g/mol. The van der Waals surface area contributed by atoms with Crippen LogP contribution in [0.15, 0.2) is 0 Å². The number of carbonyl (C=O) groups is 1. The second-order valence-corrected chi connectivity index (χ2v) is 20.0. The predicted molar refractivity (Wildman–Crippen MR) is 261 cm³/mol. The van der Waals surface area contributed by atoms with E-state index in [-0.39, 0.29) is 12.8 Å². The monoisotopic (exact) mass is 980 g/mol. The van der Waals surface area contributed by atoms with Gasteiger partial charge in [0, 0.05) is 0 Å². The number of hydrogen-bond acceptors (Lipinski definition) is 15. The average Bonchev–Trinajstić information content (AvgIpc) is 3.62. The van der Waals surface area contributed by atoms with Crippen LogP contribution in [0.5, 0.6) is 0 Å². The summed E-state index contributed by atoms with van der Waals surface area (Å²) >= 11 is 0. The van der Waals surface area contributed by atoms with Crippen molar-refractivity contribution in [1.29, 1.82) is 0 Å². The van der Waals surface area contributed by atoms with Gasteiger partial charge in [0.25, 0.3) is 0 Å². The quantitative estimate of drug-likeness (QED) is 0.0326. The summed E-state index contributed by atoms with van der Waals surface area (Å²) in [5, 5.41) is 109. The zero-order valence-corrected chi connectivity index (χ0v) is 42.3. The number of ether oxygens (including phenoxy) is 4. The number of carbonyl (C=O) groups excluding carboxylic acids is 1. The van der Waals surface area contributed by atoms with Gasteiger partial charge in [0.1, 0.15) is 61.0 Å². The van der Waals surface area contributed by atoms with Crippen LogP contribution in [0, 0.1) is 0 Å². The Morgan fingerprint density at radius 3 is 1.38 bits per heavy atom. The van der Waals surface area contributed by atoms with Gasteiger partial charge in [-0.25, -0.2) is 0 Å². The first-order valence-corrected chi connectivity index (χ1v) is 27.5. The minimum Gasteiger partial charge on any atom is -0.394 e. The number of nitrogens with one attached hydrogen (secondary N) is 1. The van der Waals surface area contributed by atoms with E-state index in [9.17, 15) is 55.9 Å². The van der Waals surface area contributed by atoms with Crippen LogP contribution in [-0.4, -0.2) is 163 Å². The van der Waals surface area contributed by atoms with E-state index in [1.807, 2.05) is 0 Å². The van der Waals surface area contributed by atoms with Gasteiger partial charge in [0.05, 0.1) is 32.0 Å². The molecular formula is C52H101NO15. The minimum absolute atomic E-state index is 0.203. The maximum Gasteiger partial charge on any atom is 0.249 e. The highest BCUT2D eigenvalue weighted by Gasteiger charge is 2.52. The van der Waals surface area contributed by atoms with E-state index in [0.29, 0.717) is 12.8 Å². The molecule has 16 heteroatoms. The molecule has 11 N–H and O–H groups in total. The van der Waals surface area contributed by atoms with Gasteiger partial charge in [-0.15, -0.1) is 0 Å². The Bertz CT molecular complexity index is 1190. The van der Waals surface area contributed by atoms with Gasteiger partial charge in [-0.1, -0.05) is 206 Å². The van der Waals surface area contributed by atoms with Crippen molar-refractivity contribution in [2.75, 3.05) is 19.8 Å². The van der Waals surface area contributed by atoms with Gasteiger partial charge < -0.3 is 75.3 Å². The van der Waals surface area contributed by atoms with Gasteiger partial charge in [0.2, 0.25) is 5.91 Å². The largest absolute Gasteiger partial charge is 0.394 e. The summed E-state index contributed by atoms with van der Waals surface area (Å²) in [6, 6.07) is -1.28. The summed E-state index contributed by atoms with van der Waals surface area (Å²) in [6.07, 6.45) is 15.5. The molecule has 1 amide bonds. The van der Waals surface area contributed by atoms with Crippen molar-refractivity contribution >= 4 is 5.91 Å². The Labute approximate surface area is 409 Å². The summed E-state index contributed by atoms with van der Waals surface area (Å²) in [7, 11) is 0. The maximum absolute atomic E-state index is 13.4. The molecule has 2 aliphatic rings. The molecule has 2 fully saturated rings. The molecule has 2 saturated heterocycles. The minimum atomic E-state index is -1.82. The van der Waals surface area contributed by atoms with Crippen LogP contribution in [-0.2, 0) is 23.7 Å². The zero-order chi connectivity index (χ0) is 49.9. The molecule has 2 aliphatic heterocycles. The summed E-state index contributed by atoms with van der Waals surface area (Å²) in [5.74, 6) is -0.761. The molecule has 2 heterocycles. The molecule has 0 unspecified atom stereocenters. The van der Waals surface area contributed by atoms with E-state index >= 15 is 0 Å². The summed E-state index contributed by atoms with van der Waals surface area (Å²) < 4.78 is 22.6. The van der Waals surface area contributed by atoms with Crippen molar-refractivity contribution in [1.82, 2.24) is 5.32 Å². The third-order valence-electron chi connectivity index (χ3n) is 14.0. The highest BCUT2D eigenvalue weighted by molar-refractivity contribution is 5.80. The second kappa shape index (κ2) is 39.4. The Kier molecular flexibility index (Phi) is 36.6. The van der Waals surface area contributed by atoms with Gasteiger partial charge in [-0.05, 0) is 12.8 Å². The third kappa shape index (κ3) is 25.5. The summed E-state index contributed by atoms with van der Waals surface area (Å²) in [5.41, 5.74) is 0. The van der Waals surface area contributed by atoms with Gasteiger partial charge >= 0.3 is 0 Å². The lowest BCUT2D eigenvalue weighted by Gasteiger charge is -2.43. The number of unbranched alkanes of at least 4 members (excludes halogenated alkanes) is 28. The highest BCUT2D eigenvalue weighted by atomic mass is 16.7. The number of aliphatic hydroxyl groups excluding tert-OH is 10. The van der Waals surface area contributed by atoms with Crippen LogP contribution in [0.25, 0.3) is 0 Å². The first-order valence-electron chi connectivity index (χ1n) is 27.5. The standard InChI is InChI=1S/C52H101NO15/c1-3-5-7-9-11-13-15-17-19-20-22-24-26-28-30-32-34-40(57)50(64)53-38(43(59)39(56)33-31-29-27-25-23-21-18-16-14-12-10-8-6-4-2)37-65-51-47(63)49(44(60)42(36-55)66-51)68-52-46(62)45(61)48(67-52)41(58)35-54/h38-49,51-52,54-63H,3-37H2,1-2H3,(H,53,64)/t38-,39+,40+,41+,42+,43-,44-,45+,46+,47+,48-,49-,51-,52-/m0/s1. The molecular weight excluding hydrogens is 879 g/mol. The van der Waals surface area contributed by atoms with Crippen LogP contribution in [0.3, 0.4) is 0 Å². The molecule has 2 rings (SSSR count). The van der Waals surface area contributed by atoms with E-state index in [2.05, 4.69) is 19.2 Å². The molecule has 0 radical (unpaired) electrons. The molecule has 0 aliphatic carbocycles. The first-order chi connectivity index (χ1) is 32.9. The molecule has 0 aromatic rings. The topological polar surface area (TPSA) is 268 Å². The Balaban J connectivity index is 1.90. The van der Waals surface area contributed by atoms with Crippen molar-refractivity contribution in [3.63, 3.8) is 0 Å². The van der Waals surface area contributed by atoms with Crippen molar-refractivity contribution in [2.45, 2.75) is 305 Å². The molecule has 404 valence electrons. The molecule has 0 saturated carbocycles. The Hall–Kier alpha value is -1.09. The zero-order valence-electron chi connectivity index (χ0n) is 42.3. The lowest BCUT2D eigenvalue weighted by Crippen LogP contribution is -2.62. The second-order valence-electron chi connectivity index (χ2n) is 20.0. The molecule has 14 atom stereocenters. The van der Waals surface area contributed by atoms with E-state index < -0.39 is 111 Å². The van der Waals surface area contributed by atoms with Crippen LogP contribution in [0.1, 0.15) is 219 Å². The fourth-order valence-electron chi connectivity index (χ4n) is 9.42. The van der Waals surface area contributed by atoms with Crippen LogP contribution in [0.2, 0.25) is 0 Å². The lowest BCUT2D eigenvalue weighted by molar-refractivity contribution is -0.332. The molecule has 0 bridgehead atoms. The normalized spacial score (nSPS) is 26.4. The summed E-state index contributed by atoms with van der Waals surface area (Å²) in [4.78, 5) is 13.4. The van der Waals surface area contributed by atoms with Crippen molar-refractivity contribution in [3.8, 4) is 0 Å². The highest BCUT2D eigenvalue weighted by Crippen LogP contribution is 2.31. The molecule has 0 aromatic heterocycles. The maximum atomic E-state index is 13.4. The van der Waals surface area contributed by atoms with Crippen molar-refractivity contribution in [2.24, 2.45) is 0 Å². The van der Waals surface area contributed by atoms with Crippen LogP contribution in [0.4, 0.5) is 0 Å². The van der Waals surface area contributed by atoms with Crippen LogP contribution >= 0.6 is 0 Å².